The van der Waals surface area contributed by atoms with Crippen LogP contribution in [0.15, 0.2) is 132 Å². The van der Waals surface area contributed by atoms with Crippen molar-refractivity contribution in [2.75, 3.05) is 13.2 Å². The number of Topliss-reactive ketones (excluding diaryl/α,β-unsaturated/α-hetero) is 1. The van der Waals surface area contributed by atoms with E-state index in [9.17, 15) is 67.3 Å². The third-order valence-electron chi connectivity index (χ3n) is 19.5. The van der Waals surface area contributed by atoms with Gasteiger partial charge >= 0.3 is 29.8 Å². The Kier molecular flexibility index (Phi) is 25.4. The molecule has 28 nitrogen and oxygen atoms in total. The van der Waals surface area contributed by atoms with E-state index in [4.69, 9.17) is 39.9 Å². The fourth-order valence-corrected chi connectivity index (χ4v) is 14.0. The quantitative estimate of drug-likeness (QED) is 0.0119. The minimum atomic E-state index is -2.58. The average molecular weight is 1430 g/mol. The van der Waals surface area contributed by atoms with Crippen LogP contribution < -0.4 is 38.1 Å². The molecule has 550 valence electrons. The summed E-state index contributed by atoms with van der Waals surface area (Å²) in [5, 5.41) is 39.1. The lowest BCUT2D eigenvalue weighted by molar-refractivity contribution is -0.346. The van der Waals surface area contributed by atoms with Crippen LogP contribution in [0, 0.1) is 22.6 Å². The van der Waals surface area contributed by atoms with E-state index < -0.39 is 204 Å². The lowest BCUT2D eigenvalue weighted by Crippen LogP contribution is -2.82. The van der Waals surface area contributed by atoms with Gasteiger partial charge in [0.15, 0.2) is 17.5 Å². The number of hydrogen-bond acceptors (Lipinski definition) is 21. The number of hydrogen-bond donors (Lipinski definition) is 9. The smallest absolute Gasteiger partial charge is 0.350 e. The molecule has 11 N–H and O–H groups in total. The number of carbonyl (C=O) groups excluding carboxylic acids is 13. The Morgan fingerprint density at radius 3 is 1.96 bits per heavy atom. The zero-order valence-electron chi connectivity index (χ0n) is 57.9. The van der Waals surface area contributed by atoms with E-state index in [0.29, 0.717) is 5.56 Å². The van der Waals surface area contributed by atoms with Gasteiger partial charge < -0.3 is 76.7 Å². The van der Waals surface area contributed by atoms with Crippen LogP contribution in [0.1, 0.15) is 144 Å². The molecule has 3 fully saturated rings. The first-order valence-electron chi connectivity index (χ1n) is 33.6. The third-order valence-corrected chi connectivity index (χ3v) is 19.5. The van der Waals surface area contributed by atoms with E-state index in [1.54, 1.807) is 60.7 Å². The van der Waals surface area contributed by atoms with Crippen molar-refractivity contribution in [1.29, 1.82) is 0 Å². The van der Waals surface area contributed by atoms with Gasteiger partial charge in [0.25, 0.3) is 5.91 Å². The van der Waals surface area contributed by atoms with Gasteiger partial charge in [0.05, 0.1) is 36.0 Å². The van der Waals surface area contributed by atoms with E-state index in [0.717, 1.165) is 19.9 Å². The molecular weight excluding hydrogens is 1340 g/mol. The van der Waals surface area contributed by atoms with Gasteiger partial charge in [-0.2, -0.15) is 0 Å². The Morgan fingerprint density at radius 1 is 0.728 bits per heavy atom. The van der Waals surface area contributed by atoms with E-state index in [2.05, 4.69) is 26.6 Å². The summed E-state index contributed by atoms with van der Waals surface area (Å²) in [6.45, 7) is 8.83. The van der Waals surface area contributed by atoms with E-state index in [-0.39, 0.29) is 66.5 Å². The molecule has 2 unspecified atom stereocenters. The number of ketones is 1. The zero-order valence-corrected chi connectivity index (χ0v) is 57.9. The number of fused-ring (bicyclic) bond motifs is 5. The Labute approximate surface area is 592 Å². The summed E-state index contributed by atoms with van der Waals surface area (Å²) in [5.74, 6) is -14.1. The lowest BCUT2D eigenvalue weighted by Gasteiger charge is -2.67. The fourth-order valence-electron chi connectivity index (χ4n) is 14.0. The van der Waals surface area contributed by atoms with Crippen molar-refractivity contribution < 1.29 is 105 Å². The largest absolute Gasteiger partial charge is 0.455 e. The van der Waals surface area contributed by atoms with Crippen LogP contribution in [0.5, 0.6) is 0 Å². The van der Waals surface area contributed by atoms with Crippen molar-refractivity contribution in [3.63, 3.8) is 0 Å². The van der Waals surface area contributed by atoms with Crippen LogP contribution in [-0.4, -0.2) is 166 Å². The normalized spacial score (nSPS) is 24.5. The van der Waals surface area contributed by atoms with Gasteiger partial charge in [-0.15, -0.1) is 0 Å². The van der Waals surface area contributed by atoms with Crippen molar-refractivity contribution in [3.8, 4) is 0 Å². The third kappa shape index (κ3) is 18.0. The summed E-state index contributed by atoms with van der Waals surface area (Å²) in [7, 11) is 0. The summed E-state index contributed by atoms with van der Waals surface area (Å²) in [6.07, 6.45) is -10.7. The van der Waals surface area contributed by atoms with Crippen LogP contribution in [0.25, 0.3) is 6.08 Å². The number of aliphatic hydroxyl groups is 2. The Balaban J connectivity index is 0.983. The second-order valence-electron chi connectivity index (χ2n) is 26.8. The van der Waals surface area contributed by atoms with Crippen LogP contribution in [0.3, 0.4) is 0 Å². The standard InChI is InChI=1S/C74H86FN7O21/c1-40-51(38-74(97)64(102-69(95)47-25-15-10-16-26-47)62-72(7,52(85)37-53-73(62,39-98-53)103-43(4)84)63(90)60(99-42(3)83)58(40)71(74,5)6)100-70(96)61(59(45-21-11-8-12-22-45)82-68(94)46-23-13-9-14-24-46)101-57(89)34-33-54(86)78-35-18-17-28-49(65(76)91)80-56(88)32-30-50(66(77)92)81-67(93)41(2)79-55(87)31-29-44-20-19-27-48(75)36-44/h8-16,19-27,29,31,36,41,49-53,59-62,64,85,97H,17-18,28,30,32-35,37-39H2,1-7H3,(H2,76,91)(H2,77,92)(H,78,86)(H,79,87)(H,80,88)(H,81,93)(H,82,94)/b31-29+/t41?,49?,50-,51-,52-,53+,59-,60+,61+,62-,64-,72+,73-,74+/m0/s1. The molecule has 3 aliphatic carbocycles. The maximum atomic E-state index is 15.9. The summed E-state index contributed by atoms with van der Waals surface area (Å²) in [4.78, 5) is 178. The number of nitrogens with one attached hydrogen (secondary N) is 5. The highest BCUT2D eigenvalue weighted by atomic mass is 19.1. The number of aliphatic hydroxyl groups excluding tert-OH is 1. The predicted octanol–water partition coefficient (Wildman–Crippen LogP) is 3.43. The highest BCUT2D eigenvalue weighted by Gasteiger charge is 2.78. The topological polar surface area (TPSA) is 430 Å². The van der Waals surface area contributed by atoms with Crippen molar-refractivity contribution in [2.24, 2.45) is 28.2 Å². The second-order valence-corrected chi connectivity index (χ2v) is 26.8. The Bertz CT molecular complexity index is 3950. The second kappa shape index (κ2) is 33.5. The first-order chi connectivity index (χ1) is 48.7. The minimum Gasteiger partial charge on any atom is -0.455 e. The first kappa shape index (κ1) is 78.2. The molecule has 0 radical (unpaired) electrons. The number of primary amides is 2. The maximum Gasteiger partial charge on any atom is 0.350 e. The number of ether oxygens (including phenoxy) is 6. The van der Waals surface area contributed by atoms with Crippen LogP contribution in [-0.2, 0) is 81.2 Å². The molecule has 0 spiro atoms. The number of rotatable bonds is 30. The molecule has 7 amide bonds. The van der Waals surface area contributed by atoms with Crippen molar-refractivity contribution >= 4 is 83.1 Å². The molecule has 2 bridgehead atoms. The highest BCUT2D eigenvalue weighted by Crippen LogP contribution is 2.64. The molecule has 1 aliphatic heterocycles. The maximum absolute atomic E-state index is 15.9. The monoisotopic (exact) mass is 1430 g/mol. The van der Waals surface area contributed by atoms with E-state index in [1.165, 1.54) is 95.3 Å². The number of benzene rings is 4. The van der Waals surface area contributed by atoms with Gasteiger partial charge in [0.2, 0.25) is 41.5 Å². The number of nitrogens with two attached hydrogens (primary N) is 2. The van der Waals surface area contributed by atoms with Crippen molar-refractivity contribution in [2.45, 2.75) is 178 Å². The zero-order chi connectivity index (χ0) is 75.3. The Morgan fingerprint density at radius 2 is 1.36 bits per heavy atom. The van der Waals surface area contributed by atoms with E-state index in [1.807, 2.05) is 0 Å². The molecule has 1 saturated heterocycles. The van der Waals surface area contributed by atoms with Crippen LogP contribution >= 0.6 is 0 Å². The molecule has 4 aromatic rings. The molecule has 8 rings (SSSR count). The Hall–Kier alpha value is -10.5. The number of carbonyl (C=O) groups is 13. The van der Waals surface area contributed by atoms with Crippen molar-refractivity contribution in [3.05, 3.63) is 161 Å². The molecule has 14 atom stereocenters. The average Bonchev–Trinajstić information content (AvgIpc) is 0.669. The number of halogens is 1. The fraction of sp³-hybridized carbons (Fsp3) is 0.446. The molecule has 1 heterocycles. The lowest BCUT2D eigenvalue weighted by atomic mass is 9.44. The first-order valence-corrected chi connectivity index (χ1v) is 33.6. The molecular formula is C74H86FN7O21. The van der Waals surface area contributed by atoms with Crippen LogP contribution in [0.4, 0.5) is 4.39 Å². The van der Waals surface area contributed by atoms with Crippen LogP contribution in [0.2, 0.25) is 0 Å². The number of esters is 5. The molecule has 29 heteroatoms. The van der Waals surface area contributed by atoms with Gasteiger partial charge in [-0.25, -0.2) is 14.0 Å². The van der Waals surface area contributed by atoms with Crippen molar-refractivity contribution in [1.82, 2.24) is 26.6 Å². The molecule has 0 aromatic heterocycles. The summed E-state index contributed by atoms with van der Waals surface area (Å²) >= 11 is 0. The number of unbranched alkanes of at least 4 members (excludes halogenated alkanes) is 1. The van der Waals surface area contributed by atoms with Gasteiger partial charge in [0, 0.05) is 63.1 Å². The van der Waals surface area contributed by atoms with Gasteiger partial charge in [0.1, 0.15) is 53.9 Å². The van der Waals surface area contributed by atoms with E-state index >= 15 is 9.59 Å². The van der Waals surface area contributed by atoms with Gasteiger partial charge in [-0.1, -0.05) is 92.7 Å². The summed E-state index contributed by atoms with van der Waals surface area (Å²) in [5.41, 5.74) is 3.23. The summed E-state index contributed by atoms with van der Waals surface area (Å²) < 4.78 is 50.5. The molecule has 4 aromatic carbocycles. The predicted molar refractivity (Wildman–Crippen MR) is 362 cm³/mol. The van der Waals surface area contributed by atoms with Gasteiger partial charge in [-0.3, -0.25) is 52.7 Å². The number of amides is 7. The minimum absolute atomic E-state index is 0.0105. The van der Waals surface area contributed by atoms with Gasteiger partial charge in [-0.05, 0) is 111 Å². The summed E-state index contributed by atoms with van der Waals surface area (Å²) in [6, 6.07) is 23.4. The molecule has 103 heavy (non-hydrogen) atoms. The molecule has 4 aliphatic rings. The molecule has 2 saturated carbocycles. The SMILES string of the molecule is CC(=O)O[C@H]1C(=O)[C@@]2(C)[C@H]([C@H](OC(=O)c3ccccc3)[C@]3(O)C[C@H](OC(=O)[C@H](OC(=O)CCC(=O)NCCCCC(NC(=O)CC[C@H](NC(=O)C(C)NC(=O)/C=C/c4cccc(F)c4)C(N)=O)C(N)=O)[C@@H](NC(=O)c4ccccc4)c4ccccc4)C(C)=C1C3(C)C)[C@]1(OC(C)=O)CO[C@@H]1C[C@@H]2O. The highest BCUT2D eigenvalue weighted by molar-refractivity contribution is 5.98.